The molecule has 0 bridgehead atoms. The molecule has 1 atom stereocenters. The Morgan fingerprint density at radius 1 is 1.44 bits per heavy atom. The Hall–Kier alpha value is -0.620. The number of nitrogens with two attached hydrogens (primary N) is 1. The summed E-state index contributed by atoms with van der Waals surface area (Å²) in [6, 6.07) is 4.96. The average molecular weight is 289 g/mol. The molecule has 1 aliphatic heterocycles. The number of piperidine rings is 1. The molecule has 6 heteroatoms. The van der Waals surface area contributed by atoms with Gasteiger partial charge in [0, 0.05) is 19.1 Å². The molecule has 0 aliphatic carbocycles. The first-order chi connectivity index (χ1) is 8.43. The van der Waals surface area contributed by atoms with Crippen LogP contribution >= 0.6 is 11.6 Å². The van der Waals surface area contributed by atoms with Crippen LogP contribution < -0.4 is 5.73 Å². The van der Waals surface area contributed by atoms with Crippen molar-refractivity contribution >= 4 is 21.6 Å². The van der Waals surface area contributed by atoms with E-state index in [9.17, 15) is 8.42 Å². The Bertz CT molecular complexity index is 545. The lowest BCUT2D eigenvalue weighted by molar-refractivity contribution is 0.316. The van der Waals surface area contributed by atoms with Crippen LogP contribution in [-0.4, -0.2) is 31.9 Å². The summed E-state index contributed by atoms with van der Waals surface area (Å²) in [5, 5.41) is 0.302. The highest BCUT2D eigenvalue weighted by molar-refractivity contribution is 7.89. The molecule has 2 rings (SSSR count). The van der Waals surface area contributed by atoms with Gasteiger partial charge in [-0.15, -0.1) is 0 Å². The minimum Gasteiger partial charge on any atom is -0.327 e. The lowest BCUT2D eigenvalue weighted by Crippen LogP contribution is -2.45. The number of sulfonamides is 1. The molecule has 100 valence electrons. The van der Waals surface area contributed by atoms with E-state index in [1.165, 1.54) is 4.31 Å². The van der Waals surface area contributed by atoms with Gasteiger partial charge >= 0.3 is 0 Å². The fourth-order valence-electron chi connectivity index (χ4n) is 2.15. The first-order valence-electron chi connectivity index (χ1n) is 5.94. The first kappa shape index (κ1) is 13.8. The number of hydrogen-bond donors (Lipinski definition) is 1. The number of benzene rings is 1. The van der Waals surface area contributed by atoms with Gasteiger partial charge in [0.2, 0.25) is 10.0 Å². The molecular weight excluding hydrogens is 272 g/mol. The van der Waals surface area contributed by atoms with Crippen molar-refractivity contribution < 1.29 is 8.42 Å². The zero-order valence-corrected chi connectivity index (χ0v) is 11.8. The van der Waals surface area contributed by atoms with Gasteiger partial charge in [-0.1, -0.05) is 23.7 Å². The van der Waals surface area contributed by atoms with Crippen molar-refractivity contribution in [2.45, 2.75) is 30.7 Å². The predicted molar refractivity (Wildman–Crippen MR) is 72.2 cm³/mol. The van der Waals surface area contributed by atoms with Gasteiger partial charge in [0.15, 0.2) is 0 Å². The second kappa shape index (κ2) is 5.17. The van der Waals surface area contributed by atoms with E-state index in [-0.39, 0.29) is 10.9 Å². The van der Waals surface area contributed by atoms with Crippen molar-refractivity contribution in [1.82, 2.24) is 4.31 Å². The molecule has 1 heterocycles. The van der Waals surface area contributed by atoms with Gasteiger partial charge in [0.25, 0.3) is 0 Å². The Kier molecular flexibility index (Phi) is 3.96. The Labute approximate surface area is 113 Å². The third-order valence-corrected chi connectivity index (χ3v) is 5.72. The molecule has 2 N–H and O–H groups in total. The van der Waals surface area contributed by atoms with E-state index in [2.05, 4.69) is 0 Å². The van der Waals surface area contributed by atoms with Crippen molar-refractivity contribution in [3.8, 4) is 0 Å². The SMILES string of the molecule is Cc1cccc(S(=O)(=O)N2CCCC(N)C2)c1Cl. The molecule has 0 amide bonds. The molecule has 0 aromatic heterocycles. The quantitative estimate of drug-likeness (QED) is 0.902. The summed E-state index contributed by atoms with van der Waals surface area (Å²) >= 11 is 6.10. The smallest absolute Gasteiger partial charge is 0.244 e. The zero-order valence-electron chi connectivity index (χ0n) is 10.3. The van der Waals surface area contributed by atoms with Gasteiger partial charge in [-0.25, -0.2) is 8.42 Å². The highest BCUT2D eigenvalue weighted by atomic mass is 35.5. The van der Waals surface area contributed by atoms with E-state index in [0.717, 1.165) is 18.4 Å². The summed E-state index contributed by atoms with van der Waals surface area (Å²) < 4.78 is 26.4. The van der Waals surface area contributed by atoms with Gasteiger partial charge in [0.1, 0.15) is 4.90 Å². The van der Waals surface area contributed by atoms with Gasteiger partial charge in [-0.05, 0) is 31.4 Å². The van der Waals surface area contributed by atoms with E-state index < -0.39 is 10.0 Å². The largest absolute Gasteiger partial charge is 0.327 e. The molecule has 1 unspecified atom stereocenters. The number of hydrogen-bond acceptors (Lipinski definition) is 3. The second-order valence-corrected chi connectivity index (χ2v) is 6.94. The van der Waals surface area contributed by atoms with Crippen molar-refractivity contribution in [3.63, 3.8) is 0 Å². The molecule has 0 saturated carbocycles. The van der Waals surface area contributed by atoms with Crippen LogP contribution in [0.3, 0.4) is 0 Å². The second-order valence-electron chi connectivity index (χ2n) is 4.65. The minimum atomic E-state index is -3.53. The van der Waals surface area contributed by atoms with Gasteiger partial charge in [-0.3, -0.25) is 0 Å². The average Bonchev–Trinajstić information content (AvgIpc) is 2.32. The van der Waals surface area contributed by atoms with Crippen LogP contribution in [0.5, 0.6) is 0 Å². The van der Waals surface area contributed by atoms with Gasteiger partial charge in [-0.2, -0.15) is 4.31 Å². The Morgan fingerprint density at radius 2 is 2.17 bits per heavy atom. The number of nitrogens with zero attached hydrogens (tertiary/aromatic N) is 1. The van der Waals surface area contributed by atoms with Crippen molar-refractivity contribution in [2.75, 3.05) is 13.1 Å². The first-order valence-corrected chi connectivity index (χ1v) is 7.75. The lowest BCUT2D eigenvalue weighted by Gasteiger charge is -2.30. The van der Waals surface area contributed by atoms with Gasteiger partial charge in [0.05, 0.1) is 5.02 Å². The monoisotopic (exact) mass is 288 g/mol. The highest BCUT2D eigenvalue weighted by Gasteiger charge is 2.30. The zero-order chi connectivity index (χ0) is 13.3. The maximum Gasteiger partial charge on any atom is 0.244 e. The molecule has 18 heavy (non-hydrogen) atoms. The fraction of sp³-hybridized carbons (Fsp3) is 0.500. The molecule has 1 aromatic rings. The van der Waals surface area contributed by atoms with E-state index in [1.54, 1.807) is 25.1 Å². The summed E-state index contributed by atoms with van der Waals surface area (Å²) in [5.74, 6) is 0. The lowest BCUT2D eigenvalue weighted by atomic mass is 10.1. The minimum absolute atomic E-state index is 0.0860. The third-order valence-electron chi connectivity index (χ3n) is 3.19. The number of rotatable bonds is 2. The summed E-state index contributed by atoms with van der Waals surface area (Å²) in [7, 11) is -3.53. The normalized spacial score (nSPS) is 22.1. The highest BCUT2D eigenvalue weighted by Crippen LogP contribution is 2.28. The van der Waals surface area contributed by atoms with Crippen LogP contribution in [0.15, 0.2) is 23.1 Å². The molecular formula is C12H17ClN2O2S. The third kappa shape index (κ3) is 2.54. The number of aryl methyl sites for hydroxylation is 1. The summed E-state index contributed by atoms with van der Waals surface area (Å²) in [5.41, 5.74) is 6.59. The van der Waals surface area contributed by atoms with Crippen LogP contribution in [0.2, 0.25) is 5.02 Å². The number of halogens is 1. The van der Waals surface area contributed by atoms with Crippen LogP contribution in [0.1, 0.15) is 18.4 Å². The van der Waals surface area contributed by atoms with E-state index in [0.29, 0.717) is 18.1 Å². The van der Waals surface area contributed by atoms with Crippen LogP contribution in [0, 0.1) is 6.92 Å². The van der Waals surface area contributed by atoms with Crippen molar-refractivity contribution in [3.05, 3.63) is 28.8 Å². The van der Waals surface area contributed by atoms with E-state index in [4.69, 9.17) is 17.3 Å². The van der Waals surface area contributed by atoms with Gasteiger partial charge < -0.3 is 5.73 Å². The van der Waals surface area contributed by atoms with Crippen LogP contribution in [0.25, 0.3) is 0 Å². The molecule has 0 spiro atoms. The van der Waals surface area contributed by atoms with Crippen LogP contribution in [-0.2, 0) is 10.0 Å². The fourth-order valence-corrected chi connectivity index (χ4v) is 4.24. The van der Waals surface area contributed by atoms with Crippen LogP contribution in [0.4, 0.5) is 0 Å². The molecule has 1 saturated heterocycles. The van der Waals surface area contributed by atoms with E-state index in [1.807, 2.05) is 0 Å². The van der Waals surface area contributed by atoms with E-state index >= 15 is 0 Å². The Morgan fingerprint density at radius 3 is 2.83 bits per heavy atom. The standard InChI is InChI=1S/C12H17ClN2O2S/c1-9-4-2-6-11(12(9)13)18(16,17)15-7-3-5-10(14)8-15/h2,4,6,10H,3,5,7-8,14H2,1H3. The molecule has 0 radical (unpaired) electrons. The summed E-state index contributed by atoms with van der Waals surface area (Å²) in [4.78, 5) is 0.179. The maximum atomic E-state index is 12.5. The molecule has 4 nitrogen and oxygen atoms in total. The summed E-state index contributed by atoms with van der Waals surface area (Å²) in [6.45, 7) is 2.68. The molecule has 1 aromatic carbocycles. The maximum absolute atomic E-state index is 12.5. The predicted octanol–water partition coefficient (Wildman–Crippen LogP) is 1.76. The van der Waals surface area contributed by atoms with Crippen molar-refractivity contribution in [1.29, 1.82) is 0 Å². The Balaban J connectivity index is 2.39. The molecule has 1 fully saturated rings. The molecule has 1 aliphatic rings. The summed E-state index contributed by atoms with van der Waals surface area (Å²) in [6.07, 6.45) is 1.66. The topological polar surface area (TPSA) is 63.4 Å². The van der Waals surface area contributed by atoms with Crippen molar-refractivity contribution in [2.24, 2.45) is 5.73 Å².